The topological polar surface area (TPSA) is 28.9 Å². The van der Waals surface area contributed by atoms with Gasteiger partial charge in [-0.2, -0.15) is 0 Å². The molecule has 4 nitrogen and oxygen atoms in total. The molecule has 0 bridgehead atoms. The molecule has 4 heteroatoms. The standard InChI is InChI=1S/C16H26N2O2/c1-12-4-5-14(20-12)8-18-7-6-13-11-19-16(10-17(2)3)15(13)9-18/h4-5,13,15-16H,6-11H2,1-3H3/t13-,15-,16+/m1/s1. The third-order valence-electron chi connectivity index (χ3n) is 4.61. The summed E-state index contributed by atoms with van der Waals surface area (Å²) in [7, 11) is 4.26. The van der Waals surface area contributed by atoms with E-state index in [0.29, 0.717) is 12.0 Å². The van der Waals surface area contributed by atoms with Crippen LogP contribution in [0.5, 0.6) is 0 Å². The van der Waals surface area contributed by atoms with Gasteiger partial charge in [-0.05, 0) is 52.0 Å². The van der Waals surface area contributed by atoms with Crippen molar-refractivity contribution in [2.24, 2.45) is 11.8 Å². The van der Waals surface area contributed by atoms with E-state index in [1.54, 1.807) is 0 Å². The second-order valence-corrected chi connectivity index (χ2v) is 6.59. The van der Waals surface area contributed by atoms with Gasteiger partial charge in [0.05, 0.1) is 19.3 Å². The number of rotatable bonds is 4. The molecule has 0 aliphatic carbocycles. The Morgan fingerprint density at radius 1 is 1.35 bits per heavy atom. The molecule has 0 amide bonds. The number of piperidine rings is 1. The lowest BCUT2D eigenvalue weighted by molar-refractivity contribution is 0.0530. The van der Waals surface area contributed by atoms with Crippen molar-refractivity contribution in [3.63, 3.8) is 0 Å². The monoisotopic (exact) mass is 278 g/mol. The molecule has 0 unspecified atom stereocenters. The number of hydrogen-bond acceptors (Lipinski definition) is 4. The highest BCUT2D eigenvalue weighted by atomic mass is 16.5. The lowest BCUT2D eigenvalue weighted by Gasteiger charge is -2.36. The maximum absolute atomic E-state index is 6.02. The van der Waals surface area contributed by atoms with Gasteiger partial charge in [-0.1, -0.05) is 0 Å². The summed E-state index contributed by atoms with van der Waals surface area (Å²) in [5.74, 6) is 3.53. The zero-order valence-electron chi connectivity index (χ0n) is 12.8. The molecule has 3 heterocycles. The van der Waals surface area contributed by atoms with Crippen molar-refractivity contribution in [1.82, 2.24) is 9.80 Å². The first-order chi connectivity index (χ1) is 9.61. The van der Waals surface area contributed by atoms with Crippen LogP contribution in [0.2, 0.25) is 0 Å². The predicted octanol–water partition coefficient (Wildman–Crippen LogP) is 1.99. The first-order valence-corrected chi connectivity index (χ1v) is 7.66. The Bertz CT molecular complexity index is 443. The lowest BCUT2D eigenvalue weighted by atomic mass is 9.84. The third-order valence-corrected chi connectivity index (χ3v) is 4.61. The van der Waals surface area contributed by atoms with E-state index >= 15 is 0 Å². The van der Waals surface area contributed by atoms with E-state index in [2.05, 4.69) is 36.0 Å². The summed E-state index contributed by atoms with van der Waals surface area (Å²) < 4.78 is 11.7. The number of nitrogens with zero attached hydrogens (tertiary/aromatic N) is 2. The molecule has 0 saturated carbocycles. The minimum absolute atomic E-state index is 0.399. The molecule has 0 aromatic carbocycles. The van der Waals surface area contributed by atoms with Gasteiger partial charge in [0.1, 0.15) is 11.5 Å². The predicted molar refractivity (Wildman–Crippen MR) is 78.6 cm³/mol. The summed E-state index contributed by atoms with van der Waals surface area (Å²) in [6.07, 6.45) is 1.66. The van der Waals surface area contributed by atoms with Crippen LogP contribution in [0.15, 0.2) is 16.5 Å². The first kappa shape index (κ1) is 14.1. The summed E-state index contributed by atoms with van der Waals surface area (Å²) in [6, 6.07) is 4.15. The van der Waals surface area contributed by atoms with Crippen LogP contribution < -0.4 is 0 Å². The number of aryl methyl sites for hydroxylation is 1. The summed E-state index contributed by atoms with van der Waals surface area (Å²) in [5.41, 5.74) is 0. The van der Waals surface area contributed by atoms with Gasteiger partial charge in [0.2, 0.25) is 0 Å². The van der Waals surface area contributed by atoms with E-state index in [-0.39, 0.29) is 0 Å². The molecule has 112 valence electrons. The van der Waals surface area contributed by atoms with Crippen molar-refractivity contribution < 1.29 is 9.15 Å². The number of hydrogen-bond donors (Lipinski definition) is 0. The van der Waals surface area contributed by atoms with Crippen molar-refractivity contribution >= 4 is 0 Å². The van der Waals surface area contributed by atoms with Crippen LogP contribution in [0.25, 0.3) is 0 Å². The van der Waals surface area contributed by atoms with Gasteiger partial charge < -0.3 is 14.1 Å². The summed E-state index contributed by atoms with van der Waals surface area (Å²) in [4.78, 5) is 4.76. The molecular formula is C16H26N2O2. The molecule has 3 atom stereocenters. The Labute approximate surface area is 121 Å². The van der Waals surface area contributed by atoms with Crippen LogP contribution in [0, 0.1) is 18.8 Å². The van der Waals surface area contributed by atoms with Gasteiger partial charge in [0.25, 0.3) is 0 Å². The highest BCUT2D eigenvalue weighted by Crippen LogP contribution is 2.34. The van der Waals surface area contributed by atoms with Crippen LogP contribution in [0.4, 0.5) is 0 Å². The zero-order chi connectivity index (χ0) is 14.1. The summed E-state index contributed by atoms with van der Waals surface area (Å²) >= 11 is 0. The zero-order valence-corrected chi connectivity index (χ0v) is 12.8. The molecule has 2 saturated heterocycles. The van der Waals surface area contributed by atoms with Crippen molar-refractivity contribution in [2.45, 2.75) is 26.0 Å². The normalized spacial score (nSPS) is 30.9. The largest absolute Gasteiger partial charge is 0.465 e. The SMILES string of the molecule is Cc1ccc(CN2CC[C@@H]3CO[C@@H](CN(C)C)[C@@H]3C2)o1. The minimum atomic E-state index is 0.399. The van der Waals surface area contributed by atoms with Crippen LogP contribution in [0.3, 0.4) is 0 Å². The van der Waals surface area contributed by atoms with Gasteiger partial charge in [0.15, 0.2) is 0 Å². The molecule has 3 rings (SSSR count). The second-order valence-electron chi connectivity index (χ2n) is 6.59. The van der Waals surface area contributed by atoms with Crippen molar-refractivity contribution in [1.29, 1.82) is 0 Å². The maximum Gasteiger partial charge on any atom is 0.118 e. The number of likely N-dealkylation sites (N-methyl/N-ethyl adjacent to an activating group) is 1. The average molecular weight is 278 g/mol. The Hall–Kier alpha value is -0.840. The number of ether oxygens (including phenoxy) is 1. The van der Waals surface area contributed by atoms with Gasteiger partial charge in [-0.25, -0.2) is 0 Å². The third kappa shape index (κ3) is 3.08. The molecule has 1 aromatic rings. The summed E-state index contributed by atoms with van der Waals surface area (Å²) in [6.45, 7) is 7.24. The van der Waals surface area contributed by atoms with Gasteiger partial charge in [-0.3, -0.25) is 4.90 Å². The van der Waals surface area contributed by atoms with E-state index in [4.69, 9.17) is 9.15 Å². The van der Waals surface area contributed by atoms with Gasteiger partial charge in [-0.15, -0.1) is 0 Å². The molecule has 2 aliphatic rings. The molecular weight excluding hydrogens is 252 g/mol. The minimum Gasteiger partial charge on any atom is -0.465 e. The van der Waals surface area contributed by atoms with E-state index in [1.807, 2.05) is 6.92 Å². The smallest absolute Gasteiger partial charge is 0.118 e. The van der Waals surface area contributed by atoms with Crippen molar-refractivity contribution in [2.75, 3.05) is 40.3 Å². The first-order valence-electron chi connectivity index (χ1n) is 7.66. The molecule has 0 N–H and O–H groups in total. The number of likely N-dealkylation sites (tertiary alicyclic amines) is 1. The fourth-order valence-electron chi connectivity index (χ4n) is 3.58. The molecule has 0 radical (unpaired) electrons. The number of fused-ring (bicyclic) bond motifs is 1. The van der Waals surface area contributed by atoms with Gasteiger partial charge >= 0.3 is 0 Å². The molecule has 0 spiro atoms. The van der Waals surface area contributed by atoms with E-state index in [0.717, 1.165) is 43.7 Å². The van der Waals surface area contributed by atoms with Crippen molar-refractivity contribution in [3.8, 4) is 0 Å². The maximum atomic E-state index is 6.02. The van der Waals surface area contributed by atoms with Gasteiger partial charge in [0, 0.05) is 19.0 Å². The molecule has 2 aliphatic heterocycles. The lowest BCUT2D eigenvalue weighted by Crippen LogP contribution is -2.44. The second kappa shape index (κ2) is 5.88. The highest BCUT2D eigenvalue weighted by Gasteiger charge is 2.40. The Kier molecular flexibility index (Phi) is 4.15. The molecule has 2 fully saturated rings. The fraction of sp³-hybridized carbons (Fsp3) is 0.750. The van der Waals surface area contributed by atoms with E-state index in [9.17, 15) is 0 Å². The number of furan rings is 1. The van der Waals surface area contributed by atoms with Crippen LogP contribution in [-0.2, 0) is 11.3 Å². The van der Waals surface area contributed by atoms with E-state index < -0.39 is 0 Å². The molecule has 1 aromatic heterocycles. The quantitative estimate of drug-likeness (QED) is 0.842. The summed E-state index contributed by atoms with van der Waals surface area (Å²) in [5, 5.41) is 0. The van der Waals surface area contributed by atoms with Crippen molar-refractivity contribution in [3.05, 3.63) is 23.7 Å². The van der Waals surface area contributed by atoms with E-state index in [1.165, 1.54) is 13.0 Å². The van der Waals surface area contributed by atoms with Crippen LogP contribution >= 0.6 is 0 Å². The Morgan fingerprint density at radius 2 is 2.20 bits per heavy atom. The van der Waals surface area contributed by atoms with Crippen LogP contribution in [-0.4, -0.2) is 56.2 Å². The Morgan fingerprint density at radius 3 is 2.90 bits per heavy atom. The average Bonchev–Trinajstić information content (AvgIpc) is 2.96. The Balaban J connectivity index is 1.60. The fourth-order valence-corrected chi connectivity index (χ4v) is 3.58. The molecule has 20 heavy (non-hydrogen) atoms. The van der Waals surface area contributed by atoms with Crippen LogP contribution in [0.1, 0.15) is 17.9 Å². The highest BCUT2D eigenvalue weighted by molar-refractivity contribution is 5.06.